The average Bonchev–Trinajstić information content (AvgIpc) is 2.07. The van der Waals surface area contributed by atoms with Crippen molar-refractivity contribution in [2.45, 2.75) is 14.4 Å². The van der Waals surface area contributed by atoms with Gasteiger partial charge >= 0.3 is 29.6 Å². The molecule has 0 aromatic heterocycles. The van der Waals surface area contributed by atoms with Gasteiger partial charge in [-0.05, 0) is 43.5 Å². The van der Waals surface area contributed by atoms with E-state index in [0.717, 1.165) is 5.69 Å². The molecule has 0 aliphatic carbocycles. The molecule has 0 amide bonds. The van der Waals surface area contributed by atoms with E-state index in [1.165, 1.54) is 5.56 Å². The number of nitrogens with one attached hydrogen (secondary N) is 1. The van der Waals surface area contributed by atoms with Gasteiger partial charge in [-0.25, -0.2) is 0 Å². The van der Waals surface area contributed by atoms with Gasteiger partial charge in [0.15, 0.2) is 0 Å². The van der Waals surface area contributed by atoms with E-state index >= 15 is 0 Å². The van der Waals surface area contributed by atoms with Crippen molar-refractivity contribution in [1.29, 1.82) is 0 Å². The van der Waals surface area contributed by atoms with Gasteiger partial charge in [-0.1, -0.05) is 25.1 Å². The Morgan fingerprint density at radius 2 is 1.53 bits per heavy atom. The van der Waals surface area contributed by atoms with Crippen molar-refractivity contribution in [2.75, 3.05) is 5.32 Å². The molecule has 1 rings (SSSR count). The van der Waals surface area contributed by atoms with Gasteiger partial charge in [-0.2, -0.15) is 0 Å². The summed E-state index contributed by atoms with van der Waals surface area (Å²) in [6.07, 6.45) is 0. The van der Waals surface area contributed by atoms with Gasteiger partial charge in [-0.15, -0.1) is 0 Å². The molecule has 1 aromatic rings. The summed E-state index contributed by atoms with van der Waals surface area (Å²) in [4.78, 5) is 0. The fourth-order valence-corrected chi connectivity index (χ4v) is 0.878. The maximum absolute atomic E-state index is 8.70. The average molecular weight is 284 g/mol. The normalized spacial score (nSPS) is 7.35. The van der Waals surface area contributed by atoms with Gasteiger partial charge in [0.2, 0.25) is 0 Å². The molecule has 7 heteroatoms. The Labute approximate surface area is 135 Å². The van der Waals surface area contributed by atoms with Gasteiger partial charge in [-0.3, -0.25) is 0 Å². The van der Waals surface area contributed by atoms with Crippen LogP contribution in [0.15, 0.2) is 24.3 Å². The molecule has 0 atom stereocenters. The van der Waals surface area contributed by atoms with Gasteiger partial charge in [0.25, 0.3) is 10.3 Å². The van der Waals surface area contributed by atoms with Crippen LogP contribution in [0, 0.1) is 6.92 Å². The third kappa shape index (κ3) is 15.6. The maximum atomic E-state index is 8.70. The molecule has 0 heterocycles. The Bertz CT molecular complexity index is 341. The summed E-state index contributed by atoms with van der Waals surface area (Å²) in [6.45, 7) is 2.00. The van der Waals surface area contributed by atoms with Crippen molar-refractivity contribution in [3.8, 4) is 0 Å². The molecule has 0 bridgehead atoms. The van der Waals surface area contributed by atoms with Crippen LogP contribution in [0.1, 0.15) is 13.0 Å². The van der Waals surface area contributed by atoms with Crippen LogP contribution in [0.2, 0.25) is 0 Å². The first-order valence-corrected chi connectivity index (χ1v) is 4.78. The van der Waals surface area contributed by atoms with Crippen LogP contribution >= 0.6 is 24.4 Å². The summed E-state index contributed by atoms with van der Waals surface area (Å²) in [5, 5.41) is 18.2. The molecule has 0 unspecified atom stereocenters. The summed E-state index contributed by atoms with van der Waals surface area (Å²) >= 11 is 8.33. The van der Waals surface area contributed by atoms with E-state index in [9.17, 15) is 0 Å². The Hall–Kier alpha value is -0.400. The van der Waals surface area contributed by atoms with E-state index < -0.39 is 5.17 Å². The molecule has 0 spiro atoms. The molecule has 92 valence electrons. The number of hydrogen-bond donors (Lipinski definition) is 4. The number of nitrogens with two attached hydrogens (primary N) is 1. The zero-order chi connectivity index (χ0) is 11.8. The summed E-state index contributed by atoms with van der Waals surface area (Å²) in [5.41, 5.74) is 6.39. The number of anilines is 1. The summed E-state index contributed by atoms with van der Waals surface area (Å²) in [7, 11) is 0. The minimum atomic E-state index is -0.500. The molecular weight excluding hydrogens is 267 g/mol. The monoisotopic (exact) mass is 284 g/mol. The van der Waals surface area contributed by atoms with Crippen LogP contribution < -0.4 is 11.1 Å². The van der Waals surface area contributed by atoms with Crippen LogP contribution in [0.3, 0.4) is 0 Å². The molecule has 4 nitrogen and oxygen atoms in total. The first kappa shape index (κ1) is 21.8. The first-order valence-electron chi connectivity index (χ1n) is 3.97. The Kier molecular flexibility index (Phi) is 15.5. The predicted octanol–water partition coefficient (Wildman–Crippen LogP) is 2.03. The second kappa shape index (κ2) is 12.1. The Morgan fingerprint density at radius 1 is 1.18 bits per heavy atom. The molecule has 0 saturated carbocycles. The van der Waals surface area contributed by atoms with Crippen molar-refractivity contribution < 1.29 is 10.2 Å². The molecule has 5 N–H and O–H groups in total. The fraction of sp³-hybridized carbons (Fsp3) is 0.200. The van der Waals surface area contributed by atoms with Gasteiger partial charge in [0.05, 0.1) is 0 Å². The van der Waals surface area contributed by atoms with Crippen molar-refractivity contribution in [2.24, 2.45) is 5.73 Å². The minimum absolute atomic E-state index is 0. The predicted molar refractivity (Wildman–Crippen MR) is 83.3 cm³/mol. The van der Waals surface area contributed by atoms with Gasteiger partial charge in [0, 0.05) is 5.69 Å². The van der Waals surface area contributed by atoms with E-state index in [1.54, 1.807) is 0 Å². The zero-order valence-corrected chi connectivity index (χ0v) is 9.73. The standard InChI is InChI=1S/C8H9NOS.CH3NOS.CH4.Na.H/c1-6-2-4-7(5-3-6)9-8(10)11;2-1(3)4;;;/h2-5H,1H3,(H2,9,10,11);(H3,2,3,4);1H4;;. The second-order valence-electron chi connectivity index (χ2n) is 2.63. The number of benzene rings is 1. The quantitative estimate of drug-likeness (QED) is 0.467. The zero-order valence-electron chi connectivity index (χ0n) is 8.10. The summed E-state index contributed by atoms with van der Waals surface area (Å²) in [5.74, 6) is 0. The fourth-order valence-electron chi connectivity index (χ4n) is 0.760. The van der Waals surface area contributed by atoms with E-state index in [0.29, 0.717) is 0 Å². The summed E-state index contributed by atoms with van der Waals surface area (Å²) < 4.78 is 0. The second-order valence-corrected chi connectivity index (χ2v) is 3.44. The molecule has 0 saturated heterocycles. The van der Waals surface area contributed by atoms with Crippen molar-refractivity contribution in [1.82, 2.24) is 0 Å². The van der Waals surface area contributed by atoms with E-state index in [2.05, 4.69) is 35.5 Å². The molecule has 0 aliphatic rings. The third-order valence-corrected chi connectivity index (χ3v) is 1.40. The van der Waals surface area contributed by atoms with Crippen molar-refractivity contribution in [3.05, 3.63) is 29.8 Å². The summed E-state index contributed by atoms with van der Waals surface area (Å²) in [6, 6.07) is 7.61. The number of rotatable bonds is 1. The van der Waals surface area contributed by atoms with E-state index in [-0.39, 0.29) is 42.2 Å². The van der Waals surface area contributed by atoms with E-state index in [1.807, 2.05) is 31.2 Å². The molecule has 0 radical (unpaired) electrons. The van der Waals surface area contributed by atoms with Crippen LogP contribution in [-0.4, -0.2) is 50.1 Å². The molecule has 1 aromatic carbocycles. The van der Waals surface area contributed by atoms with Crippen LogP contribution in [-0.2, 0) is 0 Å². The molecular formula is C10H17N2NaO2S2. The Balaban J connectivity index is -0.000000289. The Morgan fingerprint density at radius 3 is 1.82 bits per heavy atom. The van der Waals surface area contributed by atoms with E-state index in [4.69, 9.17) is 10.2 Å². The number of thiocarbonyl (C=S) groups is 2. The first-order chi connectivity index (χ1) is 6.91. The molecule has 0 fully saturated rings. The SMILES string of the molecule is C.Cc1ccc(NC(O)=S)cc1.NC(O)=S.[NaH]. The van der Waals surface area contributed by atoms with Gasteiger partial charge in [0.1, 0.15) is 0 Å². The topological polar surface area (TPSA) is 78.5 Å². The van der Waals surface area contributed by atoms with Gasteiger partial charge < -0.3 is 21.3 Å². The van der Waals surface area contributed by atoms with Crippen molar-refractivity contribution >= 4 is 70.0 Å². The van der Waals surface area contributed by atoms with Crippen LogP contribution in [0.4, 0.5) is 5.69 Å². The third-order valence-electron chi connectivity index (χ3n) is 1.30. The molecule has 17 heavy (non-hydrogen) atoms. The number of aryl methyl sites for hydroxylation is 1. The number of hydrogen-bond acceptors (Lipinski definition) is 2. The molecule has 0 aliphatic heterocycles. The van der Waals surface area contributed by atoms with Crippen molar-refractivity contribution in [3.63, 3.8) is 0 Å². The van der Waals surface area contributed by atoms with Crippen LogP contribution in [0.25, 0.3) is 0 Å². The number of aliphatic hydroxyl groups is 2. The van der Waals surface area contributed by atoms with Crippen LogP contribution in [0.5, 0.6) is 0 Å². The number of aliphatic hydroxyl groups excluding tert-OH is 2.